The SMILES string of the molecule is CC(C)c1ccc(NC(=O)NCCNC(=O)OC(C)(C)C)cc1. The lowest BCUT2D eigenvalue weighted by Crippen LogP contribution is -2.39. The molecule has 0 atom stereocenters. The topological polar surface area (TPSA) is 79.5 Å². The van der Waals surface area contributed by atoms with Crippen LogP contribution in [0.5, 0.6) is 0 Å². The molecule has 0 aliphatic carbocycles. The highest BCUT2D eigenvalue weighted by molar-refractivity contribution is 5.89. The standard InChI is InChI=1S/C17H27N3O3/c1-12(2)13-6-8-14(9-7-13)20-15(21)18-10-11-19-16(22)23-17(3,4)5/h6-9,12H,10-11H2,1-5H3,(H,19,22)(H2,18,20,21). The zero-order valence-corrected chi connectivity index (χ0v) is 14.5. The van der Waals surface area contributed by atoms with Gasteiger partial charge < -0.3 is 20.7 Å². The van der Waals surface area contributed by atoms with Crippen molar-refractivity contribution in [3.05, 3.63) is 29.8 Å². The van der Waals surface area contributed by atoms with E-state index in [1.165, 1.54) is 5.56 Å². The maximum Gasteiger partial charge on any atom is 0.407 e. The fourth-order valence-electron chi connectivity index (χ4n) is 1.78. The van der Waals surface area contributed by atoms with Gasteiger partial charge in [-0.05, 0) is 44.4 Å². The monoisotopic (exact) mass is 321 g/mol. The molecule has 0 heterocycles. The molecule has 0 aliphatic heterocycles. The van der Waals surface area contributed by atoms with E-state index in [9.17, 15) is 9.59 Å². The molecule has 3 amide bonds. The van der Waals surface area contributed by atoms with Gasteiger partial charge >= 0.3 is 12.1 Å². The molecule has 128 valence electrons. The number of rotatable bonds is 5. The van der Waals surface area contributed by atoms with Gasteiger partial charge in [0.25, 0.3) is 0 Å². The van der Waals surface area contributed by atoms with E-state index in [1.54, 1.807) is 20.8 Å². The Hall–Kier alpha value is -2.24. The summed E-state index contributed by atoms with van der Waals surface area (Å²) in [6, 6.07) is 7.41. The van der Waals surface area contributed by atoms with E-state index in [0.29, 0.717) is 19.0 Å². The van der Waals surface area contributed by atoms with Crippen LogP contribution in [0.15, 0.2) is 24.3 Å². The molecule has 0 saturated heterocycles. The molecule has 23 heavy (non-hydrogen) atoms. The van der Waals surface area contributed by atoms with Gasteiger partial charge in [-0.3, -0.25) is 0 Å². The quantitative estimate of drug-likeness (QED) is 0.727. The molecule has 0 unspecified atom stereocenters. The van der Waals surface area contributed by atoms with Crippen LogP contribution in [0.1, 0.15) is 46.1 Å². The van der Waals surface area contributed by atoms with Crippen LogP contribution in [0, 0.1) is 0 Å². The molecule has 0 radical (unpaired) electrons. The van der Waals surface area contributed by atoms with Gasteiger partial charge in [-0.2, -0.15) is 0 Å². The summed E-state index contributed by atoms with van der Waals surface area (Å²) < 4.78 is 5.09. The Morgan fingerprint density at radius 2 is 1.61 bits per heavy atom. The zero-order chi connectivity index (χ0) is 17.5. The van der Waals surface area contributed by atoms with Crippen molar-refractivity contribution in [1.29, 1.82) is 0 Å². The number of anilines is 1. The summed E-state index contributed by atoms with van der Waals surface area (Å²) in [7, 11) is 0. The molecule has 6 heteroatoms. The average Bonchev–Trinajstić information content (AvgIpc) is 2.42. The third-order valence-electron chi connectivity index (χ3n) is 2.91. The van der Waals surface area contributed by atoms with Gasteiger partial charge in [0.2, 0.25) is 0 Å². The van der Waals surface area contributed by atoms with E-state index < -0.39 is 11.7 Å². The van der Waals surface area contributed by atoms with Crippen molar-refractivity contribution in [3.63, 3.8) is 0 Å². The summed E-state index contributed by atoms with van der Waals surface area (Å²) >= 11 is 0. The fourth-order valence-corrected chi connectivity index (χ4v) is 1.78. The number of ether oxygens (including phenoxy) is 1. The van der Waals surface area contributed by atoms with Crippen LogP contribution in [0.4, 0.5) is 15.3 Å². The molecule has 0 spiro atoms. The first-order valence-corrected chi connectivity index (χ1v) is 7.79. The maximum absolute atomic E-state index is 11.7. The Labute approximate surface area is 138 Å². The molecule has 1 aromatic rings. The van der Waals surface area contributed by atoms with Crippen LogP contribution in [-0.4, -0.2) is 30.8 Å². The predicted octanol–water partition coefficient (Wildman–Crippen LogP) is 3.46. The van der Waals surface area contributed by atoms with E-state index >= 15 is 0 Å². The van der Waals surface area contributed by atoms with E-state index in [-0.39, 0.29) is 6.03 Å². The van der Waals surface area contributed by atoms with Gasteiger partial charge in [-0.1, -0.05) is 26.0 Å². The molecular weight excluding hydrogens is 294 g/mol. The summed E-state index contributed by atoms with van der Waals surface area (Å²) in [6.45, 7) is 10.2. The number of hydrogen-bond acceptors (Lipinski definition) is 3. The van der Waals surface area contributed by atoms with Crippen molar-refractivity contribution >= 4 is 17.8 Å². The number of carbonyl (C=O) groups is 2. The zero-order valence-electron chi connectivity index (χ0n) is 14.5. The van der Waals surface area contributed by atoms with Crippen LogP contribution < -0.4 is 16.0 Å². The van der Waals surface area contributed by atoms with E-state index in [1.807, 2.05) is 24.3 Å². The second-order valence-electron chi connectivity index (χ2n) is 6.59. The lowest BCUT2D eigenvalue weighted by Gasteiger charge is -2.19. The summed E-state index contributed by atoms with van der Waals surface area (Å²) in [5, 5.41) is 7.98. The molecule has 1 rings (SSSR count). The van der Waals surface area contributed by atoms with Gasteiger partial charge in [0.15, 0.2) is 0 Å². The molecule has 6 nitrogen and oxygen atoms in total. The van der Waals surface area contributed by atoms with Crippen LogP contribution in [0.3, 0.4) is 0 Å². The third-order valence-corrected chi connectivity index (χ3v) is 2.91. The van der Waals surface area contributed by atoms with Crippen LogP contribution in [0.25, 0.3) is 0 Å². The second kappa shape index (κ2) is 8.41. The predicted molar refractivity (Wildman–Crippen MR) is 91.8 cm³/mol. The van der Waals surface area contributed by atoms with E-state index in [0.717, 1.165) is 5.69 Å². The summed E-state index contributed by atoms with van der Waals surface area (Å²) in [6.07, 6.45) is -0.496. The van der Waals surface area contributed by atoms with Crippen molar-refractivity contribution in [2.24, 2.45) is 0 Å². The average molecular weight is 321 g/mol. The van der Waals surface area contributed by atoms with Crippen molar-refractivity contribution in [2.75, 3.05) is 18.4 Å². The second-order valence-corrected chi connectivity index (χ2v) is 6.59. The summed E-state index contributed by atoms with van der Waals surface area (Å²) in [4.78, 5) is 23.2. The van der Waals surface area contributed by atoms with Gasteiger partial charge in [-0.25, -0.2) is 9.59 Å². The lowest BCUT2D eigenvalue weighted by molar-refractivity contribution is 0.0528. The molecule has 3 N–H and O–H groups in total. The molecule has 1 aromatic carbocycles. The number of alkyl carbamates (subject to hydrolysis) is 1. The summed E-state index contributed by atoms with van der Waals surface area (Å²) in [5.74, 6) is 0.455. The highest BCUT2D eigenvalue weighted by Gasteiger charge is 2.15. The highest BCUT2D eigenvalue weighted by Crippen LogP contribution is 2.16. The third kappa shape index (κ3) is 8.09. The largest absolute Gasteiger partial charge is 0.444 e. The molecule has 0 aromatic heterocycles. The Balaban J connectivity index is 2.25. The number of nitrogens with one attached hydrogen (secondary N) is 3. The molecule has 0 bridgehead atoms. The fraction of sp³-hybridized carbons (Fsp3) is 0.529. The molecular formula is C17H27N3O3. The number of amides is 3. The summed E-state index contributed by atoms with van der Waals surface area (Å²) in [5.41, 5.74) is 1.42. The number of hydrogen-bond donors (Lipinski definition) is 3. The van der Waals surface area contributed by atoms with Crippen molar-refractivity contribution in [3.8, 4) is 0 Å². The molecule has 0 saturated carbocycles. The first kappa shape index (κ1) is 18.8. The number of benzene rings is 1. The minimum atomic E-state index is -0.531. The van der Waals surface area contributed by atoms with Gasteiger partial charge in [0.05, 0.1) is 0 Å². The Morgan fingerprint density at radius 3 is 2.13 bits per heavy atom. The minimum absolute atomic E-state index is 0.300. The normalized spacial score (nSPS) is 11.0. The number of urea groups is 1. The van der Waals surface area contributed by atoms with Gasteiger partial charge in [0.1, 0.15) is 5.60 Å². The lowest BCUT2D eigenvalue weighted by atomic mass is 10.0. The molecule has 0 fully saturated rings. The first-order valence-electron chi connectivity index (χ1n) is 7.79. The smallest absolute Gasteiger partial charge is 0.407 e. The van der Waals surface area contributed by atoms with E-state index in [2.05, 4.69) is 29.8 Å². The van der Waals surface area contributed by atoms with Crippen molar-refractivity contribution in [1.82, 2.24) is 10.6 Å². The first-order chi connectivity index (χ1) is 10.7. The van der Waals surface area contributed by atoms with Crippen molar-refractivity contribution in [2.45, 2.75) is 46.1 Å². The van der Waals surface area contributed by atoms with Gasteiger partial charge in [-0.15, -0.1) is 0 Å². The van der Waals surface area contributed by atoms with Crippen molar-refractivity contribution < 1.29 is 14.3 Å². The Morgan fingerprint density at radius 1 is 1.04 bits per heavy atom. The number of carbonyl (C=O) groups excluding carboxylic acids is 2. The van der Waals surface area contributed by atoms with Crippen LogP contribution >= 0.6 is 0 Å². The minimum Gasteiger partial charge on any atom is -0.444 e. The Bertz CT molecular complexity index is 519. The van der Waals surface area contributed by atoms with Crippen LogP contribution in [0.2, 0.25) is 0 Å². The van der Waals surface area contributed by atoms with Crippen LogP contribution in [-0.2, 0) is 4.74 Å². The molecule has 0 aliphatic rings. The highest BCUT2D eigenvalue weighted by atomic mass is 16.6. The van der Waals surface area contributed by atoms with E-state index in [4.69, 9.17) is 4.74 Å². The van der Waals surface area contributed by atoms with Gasteiger partial charge in [0, 0.05) is 18.8 Å². The Kier molecular flexibility index (Phi) is 6.88. The maximum atomic E-state index is 11.7.